The molecule has 10 heteroatoms. The normalized spacial score (nSPS) is 10.7. The Bertz CT molecular complexity index is 996. The number of amides is 1. The summed E-state index contributed by atoms with van der Waals surface area (Å²) in [5, 5.41) is 14.7. The first kappa shape index (κ1) is 19.7. The van der Waals surface area contributed by atoms with Crippen molar-refractivity contribution in [2.45, 2.75) is 18.5 Å². The molecule has 0 saturated carbocycles. The van der Waals surface area contributed by atoms with Crippen LogP contribution in [-0.4, -0.2) is 39.0 Å². The number of aromatic nitrogens is 4. The minimum Gasteiger partial charge on any atom is -0.494 e. The third-order valence-electron chi connectivity index (χ3n) is 3.77. The summed E-state index contributed by atoms with van der Waals surface area (Å²) in [6, 6.07) is 8.84. The molecule has 0 radical (unpaired) electrons. The minimum absolute atomic E-state index is 0.140. The number of carbonyl (C=O) groups is 1. The van der Waals surface area contributed by atoms with Gasteiger partial charge in [0.25, 0.3) is 0 Å². The SMILES string of the molecule is COc1ccc(C)cc1-n1nnnc1SCCC(=O)Nc1ccc(F)c(F)c1. The highest BCUT2D eigenvalue weighted by Crippen LogP contribution is 2.27. The van der Waals surface area contributed by atoms with Gasteiger partial charge in [0, 0.05) is 23.9 Å². The van der Waals surface area contributed by atoms with Crippen LogP contribution < -0.4 is 10.1 Å². The van der Waals surface area contributed by atoms with Crippen LogP contribution in [0.25, 0.3) is 5.69 Å². The predicted molar refractivity (Wildman–Crippen MR) is 101 cm³/mol. The molecule has 1 heterocycles. The highest BCUT2D eigenvalue weighted by atomic mass is 32.2. The number of hydrogen-bond acceptors (Lipinski definition) is 6. The lowest BCUT2D eigenvalue weighted by atomic mass is 10.2. The van der Waals surface area contributed by atoms with Gasteiger partial charge in [0.2, 0.25) is 11.1 Å². The van der Waals surface area contributed by atoms with Crippen LogP contribution in [0.2, 0.25) is 0 Å². The molecule has 0 aliphatic rings. The maximum atomic E-state index is 13.2. The zero-order valence-electron chi connectivity index (χ0n) is 15.1. The van der Waals surface area contributed by atoms with Crippen molar-refractivity contribution in [3.63, 3.8) is 0 Å². The summed E-state index contributed by atoms with van der Waals surface area (Å²) >= 11 is 1.29. The Morgan fingerprint density at radius 2 is 2.04 bits per heavy atom. The number of methoxy groups -OCH3 is 1. The summed E-state index contributed by atoms with van der Waals surface area (Å²) in [7, 11) is 1.56. The molecule has 0 atom stereocenters. The number of nitrogens with zero attached hydrogens (tertiary/aromatic N) is 4. The molecule has 0 unspecified atom stereocenters. The average molecular weight is 405 g/mol. The van der Waals surface area contributed by atoms with Crippen LogP contribution in [0.3, 0.4) is 0 Å². The van der Waals surface area contributed by atoms with Crippen molar-refractivity contribution in [3.8, 4) is 11.4 Å². The third kappa shape index (κ3) is 4.63. The molecule has 2 aromatic carbocycles. The van der Waals surface area contributed by atoms with Crippen LogP contribution in [0.5, 0.6) is 5.75 Å². The van der Waals surface area contributed by atoms with Gasteiger partial charge in [-0.3, -0.25) is 4.79 Å². The molecule has 0 bridgehead atoms. The molecule has 1 aromatic heterocycles. The molecule has 28 heavy (non-hydrogen) atoms. The van der Waals surface area contributed by atoms with E-state index in [1.807, 2.05) is 25.1 Å². The fraction of sp³-hybridized carbons (Fsp3) is 0.222. The molecule has 1 N–H and O–H groups in total. The molecule has 7 nitrogen and oxygen atoms in total. The van der Waals surface area contributed by atoms with E-state index in [9.17, 15) is 13.6 Å². The van der Waals surface area contributed by atoms with Gasteiger partial charge in [-0.05, 0) is 47.2 Å². The van der Waals surface area contributed by atoms with Crippen molar-refractivity contribution >= 4 is 23.4 Å². The second kappa shape index (κ2) is 8.79. The van der Waals surface area contributed by atoms with Crippen molar-refractivity contribution < 1.29 is 18.3 Å². The summed E-state index contributed by atoms with van der Waals surface area (Å²) < 4.78 is 33.0. The van der Waals surface area contributed by atoms with E-state index < -0.39 is 11.6 Å². The van der Waals surface area contributed by atoms with E-state index >= 15 is 0 Å². The van der Waals surface area contributed by atoms with Gasteiger partial charge in [0.05, 0.1) is 7.11 Å². The number of rotatable bonds is 7. The number of nitrogens with one attached hydrogen (secondary N) is 1. The van der Waals surface area contributed by atoms with E-state index in [1.165, 1.54) is 17.8 Å². The van der Waals surface area contributed by atoms with Gasteiger partial charge < -0.3 is 10.1 Å². The first-order valence-electron chi connectivity index (χ1n) is 8.29. The van der Waals surface area contributed by atoms with Gasteiger partial charge in [-0.25, -0.2) is 8.78 Å². The summed E-state index contributed by atoms with van der Waals surface area (Å²) in [6.45, 7) is 1.95. The van der Waals surface area contributed by atoms with E-state index in [0.29, 0.717) is 22.3 Å². The zero-order chi connectivity index (χ0) is 20.1. The summed E-state index contributed by atoms with van der Waals surface area (Å²) in [6.07, 6.45) is 0.140. The topological polar surface area (TPSA) is 81.9 Å². The van der Waals surface area contributed by atoms with Crippen LogP contribution in [0.15, 0.2) is 41.6 Å². The lowest BCUT2D eigenvalue weighted by molar-refractivity contribution is -0.115. The van der Waals surface area contributed by atoms with Crippen molar-refractivity contribution in [2.24, 2.45) is 0 Å². The Labute approximate surface area is 164 Å². The van der Waals surface area contributed by atoms with Crippen molar-refractivity contribution in [3.05, 3.63) is 53.6 Å². The highest BCUT2D eigenvalue weighted by molar-refractivity contribution is 7.99. The van der Waals surface area contributed by atoms with Gasteiger partial charge in [0.1, 0.15) is 11.4 Å². The Kier molecular flexibility index (Phi) is 6.19. The molecule has 0 aliphatic heterocycles. The number of hydrogen-bond donors (Lipinski definition) is 1. The molecular weight excluding hydrogens is 388 g/mol. The van der Waals surface area contributed by atoms with Crippen LogP contribution in [-0.2, 0) is 4.79 Å². The Hall–Kier alpha value is -3.01. The molecule has 146 valence electrons. The molecule has 1 amide bonds. The number of carbonyl (C=O) groups excluding carboxylic acids is 1. The molecule has 3 aromatic rings. The second-order valence-corrected chi connectivity index (χ2v) is 6.89. The number of aryl methyl sites for hydroxylation is 1. The van der Waals surface area contributed by atoms with Gasteiger partial charge in [0.15, 0.2) is 11.6 Å². The van der Waals surface area contributed by atoms with Crippen molar-refractivity contribution in [1.29, 1.82) is 0 Å². The summed E-state index contributed by atoms with van der Waals surface area (Å²) in [4.78, 5) is 12.0. The number of anilines is 1. The molecule has 0 aliphatic carbocycles. The van der Waals surface area contributed by atoms with Crippen molar-refractivity contribution in [2.75, 3.05) is 18.2 Å². The molecular formula is C18H17F2N5O2S. The van der Waals surface area contributed by atoms with Crippen molar-refractivity contribution in [1.82, 2.24) is 20.2 Å². The number of ether oxygens (including phenoxy) is 1. The average Bonchev–Trinajstić information content (AvgIpc) is 3.13. The Balaban J connectivity index is 1.62. The number of benzene rings is 2. The predicted octanol–water partition coefficient (Wildman–Crippen LogP) is 3.38. The van der Waals surface area contributed by atoms with Crippen LogP contribution >= 0.6 is 11.8 Å². The van der Waals surface area contributed by atoms with E-state index in [1.54, 1.807) is 11.8 Å². The summed E-state index contributed by atoms with van der Waals surface area (Å²) in [5.74, 6) is -1.30. The fourth-order valence-corrected chi connectivity index (χ4v) is 3.24. The minimum atomic E-state index is -1.02. The Morgan fingerprint density at radius 3 is 2.79 bits per heavy atom. The zero-order valence-corrected chi connectivity index (χ0v) is 16.0. The van der Waals surface area contributed by atoms with Gasteiger partial charge in [-0.1, -0.05) is 17.8 Å². The largest absolute Gasteiger partial charge is 0.494 e. The number of thioether (sulfide) groups is 1. The number of tetrazole rings is 1. The third-order valence-corrected chi connectivity index (χ3v) is 4.69. The van der Waals surface area contributed by atoms with E-state index in [4.69, 9.17) is 4.74 Å². The molecule has 0 fully saturated rings. The van der Waals surface area contributed by atoms with Crippen LogP contribution in [0.4, 0.5) is 14.5 Å². The highest BCUT2D eigenvalue weighted by Gasteiger charge is 2.14. The molecule has 0 saturated heterocycles. The quantitative estimate of drug-likeness (QED) is 0.607. The molecule has 3 rings (SSSR count). The van der Waals surface area contributed by atoms with Crippen LogP contribution in [0.1, 0.15) is 12.0 Å². The lowest BCUT2D eigenvalue weighted by Crippen LogP contribution is -2.12. The van der Waals surface area contributed by atoms with Gasteiger partial charge in [-0.15, -0.1) is 5.10 Å². The number of halogens is 2. The maximum Gasteiger partial charge on any atom is 0.225 e. The van der Waals surface area contributed by atoms with Gasteiger partial charge >= 0.3 is 0 Å². The smallest absolute Gasteiger partial charge is 0.225 e. The van der Waals surface area contributed by atoms with Crippen LogP contribution in [0, 0.1) is 18.6 Å². The fourth-order valence-electron chi connectivity index (χ4n) is 2.42. The van der Waals surface area contributed by atoms with E-state index in [0.717, 1.165) is 17.7 Å². The van der Waals surface area contributed by atoms with E-state index in [-0.39, 0.29) is 18.0 Å². The first-order chi connectivity index (χ1) is 13.5. The van der Waals surface area contributed by atoms with Gasteiger partial charge in [-0.2, -0.15) is 4.68 Å². The van der Waals surface area contributed by atoms with E-state index in [2.05, 4.69) is 20.8 Å². The second-order valence-electron chi connectivity index (χ2n) is 5.82. The lowest BCUT2D eigenvalue weighted by Gasteiger charge is -2.10. The molecule has 0 spiro atoms. The Morgan fingerprint density at radius 1 is 1.21 bits per heavy atom. The maximum absolute atomic E-state index is 13.2. The summed E-state index contributed by atoms with van der Waals surface area (Å²) in [5.41, 5.74) is 1.91. The standard InChI is InChI=1S/C18H17F2N5O2S/c1-11-3-6-16(27-2)15(9-11)25-18(22-23-24-25)28-8-7-17(26)21-12-4-5-13(19)14(20)10-12/h3-6,9-10H,7-8H2,1-2H3,(H,21,26). The first-order valence-corrected chi connectivity index (χ1v) is 9.27. The monoisotopic (exact) mass is 405 g/mol.